The van der Waals surface area contributed by atoms with Crippen LogP contribution in [0.2, 0.25) is 0 Å². The number of aliphatic hydroxyl groups is 1. The van der Waals surface area contributed by atoms with E-state index in [4.69, 9.17) is 9.47 Å². The number of ether oxygens (including phenoxy) is 2. The zero-order valence-corrected chi connectivity index (χ0v) is 12.7. The van der Waals surface area contributed by atoms with E-state index in [-0.39, 0.29) is 6.10 Å². The van der Waals surface area contributed by atoms with Gasteiger partial charge in [-0.1, -0.05) is 6.07 Å². The van der Waals surface area contributed by atoms with Gasteiger partial charge < -0.3 is 14.6 Å². The molecule has 1 aromatic rings. The van der Waals surface area contributed by atoms with Gasteiger partial charge in [0.25, 0.3) is 0 Å². The van der Waals surface area contributed by atoms with Crippen molar-refractivity contribution in [3.05, 3.63) is 23.8 Å². The van der Waals surface area contributed by atoms with Crippen LogP contribution in [0, 0.1) is 0 Å². The molecule has 4 heteroatoms. The number of thioether (sulfide) groups is 1. The summed E-state index contributed by atoms with van der Waals surface area (Å²) in [5.74, 6) is 3.90. The minimum Gasteiger partial charge on any atom is -0.493 e. The summed E-state index contributed by atoms with van der Waals surface area (Å²) in [7, 11) is 1.67. The molecule has 1 N–H and O–H groups in total. The van der Waals surface area contributed by atoms with Crippen LogP contribution in [0.1, 0.15) is 31.2 Å². The molecule has 0 aromatic heterocycles. The van der Waals surface area contributed by atoms with Crippen molar-refractivity contribution in [2.75, 3.05) is 18.6 Å². The first-order valence-electron chi connectivity index (χ1n) is 7.32. The van der Waals surface area contributed by atoms with Crippen molar-refractivity contribution >= 4 is 11.8 Å². The van der Waals surface area contributed by atoms with Crippen molar-refractivity contribution in [1.29, 1.82) is 0 Å². The van der Waals surface area contributed by atoms with E-state index in [1.165, 1.54) is 12.2 Å². The number of rotatable bonds is 5. The fourth-order valence-electron chi connectivity index (χ4n) is 2.61. The topological polar surface area (TPSA) is 38.7 Å². The lowest BCUT2D eigenvalue weighted by Crippen LogP contribution is -2.23. The zero-order chi connectivity index (χ0) is 14.0. The Balaban J connectivity index is 1.73. The van der Waals surface area contributed by atoms with E-state index in [1.807, 2.05) is 30.0 Å². The highest BCUT2D eigenvalue weighted by Gasteiger charge is 2.40. The van der Waals surface area contributed by atoms with Gasteiger partial charge >= 0.3 is 0 Å². The predicted molar refractivity (Wildman–Crippen MR) is 81.9 cm³/mol. The summed E-state index contributed by atoms with van der Waals surface area (Å²) in [5, 5.41) is 10.0. The maximum atomic E-state index is 10.0. The first-order chi connectivity index (χ1) is 9.68. The third-order valence-corrected chi connectivity index (χ3v) is 5.19. The van der Waals surface area contributed by atoms with Crippen LogP contribution >= 0.6 is 11.8 Å². The van der Waals surface area contributed by atoms with E-state index in [2.05, 4.69) is 0 Å². The lowest BCUT2D eigenvalue weighted by Gasteiger charge is -2.24. The second-order valence-corrected chi connectivity index (χ2v) is 6.99. The molecule has 110 valence electrons. The SMILES string of the molecule is COc1ccc(CC2(O)CC2)cc1OC1CCCSC1. The predicted octanol–water partition coefficient (Wildman–Crippen LogP) is 3.04. The van der Waals surface area contributed by atoms with E-state index >= 15 is 0 Å². The van der Waals surface area contributed by atoms with Crippen molar-refractivity contribution in [3.63, 3.8) is 0 Å². The molecule has 2 aliphatic rings. The van der Waals surface area contributed by atoms with Crippen LogP contribution in [0.15, 0.2) is 18.2 Å². The van der Waals surface area contributed by atoms with E-state index in [0.717, 1.165) is 42.1 Å². The summed E-state index contributed by atoms with van der Waals surface area (Å²) in [6, 6.07) is 6.01. The van der Waals surface area contributed by atoms with Crippen molar-refractivity contribution in [2.45, 2.75) is 43.8 Å². The van der Waals surface area contributed by atoms with Crippen molar-refractivity contribution in [3.8, 4) is 11.5 Å². The molecule has 20 heavy (non-hydrogen) atoms. The summed E-state index contributed by atoms with van der Waals surface area (Å²) in [5.41, 5.74) is 0.663. The molecule has 3 nitrogen and oxygen atoms in total. The lowest BCUT2D eigenvalue weighted by atomic mass is 10.1. The first kappa shape index (κ1) is 14.1. The average Bonchev–Trinajstić information content (AvgIpc) is 3.18. The highest BCUT2D eigenvalue weighted by atomic mass is 32.2. The molecule has 1 aliphatic heterocycles. The van der Waals surface area contributed by atoms with Gasteiger partial charge in [-0.3, -0.25) is 0 Å². The van der Waals surface area contributed by atoms with Crippen LogP contribution in [-0.4, -0.2) is 35.4 Å². The average molecular weight is 294 g/mol. The third kappa shape index (κ3) is 3.41. The standard InChI is InChI=1S/C16H22O3S/c1-18-14-5-4-12(10-16(17)6-7-16)9-15(14)19-13-3-2-8-20-11-13/h4-5,9,13,17H,2-3,6-8,10-11H2,1H3. The largest absolute Gasteiger partial charge is 0.493 e. The van der Waals surface area contributed by atoms with Gasteiger partial charge in [-0.2, -0.15) is 11.8 Å². The normalized spacial score (nSPS) is 24.2. The number of benzene rings is 1. The van der Waals surface area contributed by atoms with Crippen LogP contribution in [-0.2, 0) is 6.42 Å². The second kappa shape index (κ2) is 5.86. The zero-order valence-electron chi connectivity index (χ0n) is 11.9. The molecule has 1 saturated carbocycles. The fraction of sp³-hybridized carbons (Fsp3) is 0.625. The Kier molecular flexibility index (Phi) is 4.13. The Labute approximate surface area is 124 Å². The van der Waals surface area contributed by atoms with Gasteiger partial charge in [0.2, 0.25) is 0 Å². The Bertz CT molecular complexity index is 465. The molecule has 1 unspecified atom stereocenters. The third-order valence-electron chi connectivity index (χ3n) is 4.00. The van der Waals surface area contributed by atoms with Crippen LogP contribution in [0.3, 0.4) is 0 Å². The van der Waals surface area contributed by atoms with E-state index in [1.54, 1.807) is 7.11 Å². The molecule has 2 fully saturated rings. The summed E-state index contributed by atoms with van der Waals surface area (Å²) >= 11 is 1.95. The van der Waals surface area contributed by atoms with Crippen LogP contribution in [0.25, 0.3) is 0 Å². The van der Waals surface area contributed by atoms with Gasteiger partial charge in [-0.15, -0.1) is 0 Å². The van der Waals surface area contributed by atoms with Crippen LogP contribution < -0.4 is 9.47 Å². The summed E-state index contributed by atoms with van der Waals surface area (Å²) < 4.78 is 11.5. The molecule has 1 aliphatic carbocycles. The number of hydrogen-bond acceptors (Lipinski definition) is 4. The summed E-state index contributed by atoms with van der Waals surface area (Å²) in [4.78, 5) is 0. The molecule has 0 radical (unpaired) electrons. The quantitative estimate of drug-likeness (QED) is 0.906. The Morgan fingerprint density at radius 1 is 1.35 bits per heavy atom. The summed E-state index contributed by atoms with van der Waals surface area (Å²) in [6.07, 6.45) is 5.15. The molecule has 1 aromatic carbocycles. The van der Waals surface area contributed by atoms with E-state index in [9.17, 15) is 5.11 Å². The fourth-order valence-corrected chi connectivity index (χ4v) is 3.64. The van der Waals surface area contributed by atoms with Crippen LogP contribution in [0.5, 0.6) is 11.5 Å². The minimum atomic E-state index is -0.466. The molecule has 0 bridgehead atoms. The molecule has 3 rings (SSSR count). The maximum Gasteiger partial charge on any atom is 0.161 e. The van der Waals surface area contributed by atoms with Crippen molar-refractivity contribution in [2.24, 2.45) is 0 Å². The van der Waals surface area contributed by atoms with Gasteiger partial charge in [0.05, 0.1) is 12.7 Å². The van der Waals surface area contributed by atoms with Crippen molar-refractivity contribution < 1.29 is 14.6 Å². The maximum absolute atomic E-state index is 10.0. The smallest absolute Gasteiger partial charge is 0.161 e. The van der Waals surface area contributed by atoms with Crippen LogP contribution in [0.4, 0.5) is 0 Å². The second-order valence-electron chi connectivity index (χ2n) is 5.84. The van der Waals surface area contributed by atoms with E-state index in [0.29, 0.717) is 6.42 Å². The minimum absolute atomic E-state index is 0.280. The number of hydrogen-bond donors (Lipinski definition) is 1. The highest BCUT2D eigenvalue weighted by Crippen LogP contribution is 2.40. The first-order valence-corrected chi connectivity index (χ1v) is 8.48. The van der Waals surface area contributed by atoms with Crippen molar-refractivity contribution in [1.82, 2.24) is 0 Å². The van der Waals surface area contributed by atoms with Gasteiger partial charge in [0, 0.05) is 12.2 Å². The molecule has 1 heterocycles. The monoisotopic (exact) mass is 294 g/mol. The van der Waals surface area contributed by atoms with Gasteiger partial charge in [-0.05, 0) is 49.1 Å². The van der Waals surface area contributed by atoms with Gasteiger partial charge in [0.1, 0.15) is 6.10 Å². The van der Waals surface area contributed by atoms with E-state index < -0.39 is 5.60 Å². The Morgan fingerprint density at radius 2 is 2.20 bits per heavy atom. The molecular weight excluding hydrogens is 272 g/mol. The van der Waals surface area contributed by atoms with Gasteiger partial charge in [0.15, 0.2) is 11.5 Å². The highest BCUT2D eigenvalue weighted by molar-refractivity contribution is 7.99. The molecule has 0 spiro atoms. The Morgan fingerprint density at radius 3 is 2.85 bits per heavy atom. The molecule has 0 amide bonds. The van der Waals surface area contributed by atoms with Gasteiger partial charge in [-0.25, -0.2) is 0 Å². The number of methoxy groups -OCH3 is 1. The molecular formula is C16H22O3S. The molecule has 1 saturated heterocycles. The Hall–Kier alpha value is -0.870. The summed E-state index contributed by atoms with van der Waals surface area (Å²) in [6.45, 7) is 0. The lowest BCUT2D eigenvalue weighted by molar-refractivity contribution is 0.150. The molecule has 1 atom stereocenters.